The van der Waals surface area contributed by atoms with Gasteiger partial charge >= 0.3 is 0 Å². The van der Waals surface area contributed by atoms with Crippen LogP contribution in [0.2, 0.25) is 5.02 Å². The normalized spacial score (nSPS) is 14.6. The van der Waals surface area contributed by atoms with Crippen molar-refractivity contribution < 1.29 is 5.11 Å². The summed E-state index contributed by atoms with van der Waals surface area (Å²) in [6, 6.07) is 6.16. The molecule has 0 spiro atoms. The summed E-state index contributed by atoms with van der Waals surface area (Å²) in [5, 5.41) is 10.9. The highest BCUT2D eigenvalue weighted by Gasteiger charge is 2.15. The first-order chi connectivity index (χ1) is 9.45. The van der Waals surface area contributed by atoms with E-state index in [0.29, 0.717) is 17.5 Å². The number of benzene rings is 1. The Bertz CT molecular complexity index is 419. The Labute approximate surface area is 140 Å². The van der Waals surface area contributed by atoms with Crippen molar-refractivity contribution >= 4 is 39.3 Å². The molecule has 0 aliphatic carbocycles. The van der Waals surface area contributed by atoms with Crippen LogP contribution in [0.25, 0.3) is 0 Å². The predicted octanol–water partition coefficient (Wildman–Crippen LogP) is 4.60. The van der Waals surface area contributed by atoms with Crippen LogP contribution in [0.4, 0.5) is 0 Å². The van der Waals surface area contributed by atoms with E-state index in [0.717, 1.165) is 16.6 Å². The standard InChI is InChI=1S/C15H23BrClNOS/c1-11(7-9-20-3)18(2)8-6-15(19)13-5-4-12(16)10-14(13)17/h4-5,10-11,15,19H,6-9H2,1-3H3. The number of thioether (sulfide) groups is 1. The van der Waals surface area contributed by atoms with Gasteiger partial charge in [0.05, 0.1) is 6.10 Å². The maximum atomic E-state index is 10.3. The van der Waals surface area contributed by atoms with Crippen LogP contribution in [0.1, 0.15) is 31.4 Å². The summed E-state index contributed by atoms with van der Waals surface area (Å²) in [5.74, 6) is 1.17. The molecule has 0 saturated carbocycles. The van der Waals surface area contributed by atoms with Crippen molar-refractivity contribution in [2.75, 3.05) is 25.6 Å². The number of hydrogen-bond donors (Lipinski definition) is 1. The third kappa shape index (κ3) is 5.94. The molecule has 0 bridgehead atoms. The van der Waals surface area contributed by atoms with Gasteiger partial charge in [-0.3, -0.25) is 0 Å². The second kappa shape index (κ2) is 9.31. The van der Waals surface area contributed by atoms with Crippen LogP contribution in [0.3, 0.4) is 0 Å². The Morgan fingerprint density at radius 2 is 2.10 bits per heavy atom. The Morgan fingerprint density at radius 3 is 2.70 bits per heavy atom. The van der Waals surface area contributed by atoms with Crippen LogP contribution >= 0.6 is 39.3 Å². The third-order valence-corrected chi connectivity index (χ3v) is 5.03. The van der Waals surface area contributed by atoms with E-state index in [-0.39, 0.29) is 0 Å². The first-order valence-corrected chi connectivity index (χ1v) is 9.34. The van der Waals surface area contributed by atoms with Crippen LogP contribution in [-0.2, 0) is 0 Å². The highest BCUT2D eigenvalue weighted by atomic mass is 79.9. The zero-order chi connectivity index (χ0) is 15.1. The zero-order valence-electron chi connectivity index (χ0n) is 12.3. The van der Waals surface area contributed by atoms with Gasteiger partial charge in [-0.05, 0) is 56.5 Å². The highest BCUT2D eigenvalue weighted by molar-refractivity contribution is 9.10. The van der Waals surface area contributed by atoms with E-state index in [4.69, 9.17) is 11.6 Å². The van der Waals surface area contributed by atoms with E-state index < -0.39 is 6.10 Å². The molecule has 0 fully saturated rings. The van der Waals surface area contributed by atoms with Crippen molar-refractivity contribution in [2.24, 2.45) is 0 Å². The Balaban J connectivity index is 2.48. The monoisotopic (exact) mass is 379 g/mol. The number of halogens is 2. The highest BCUT2D eigenvalue weighted by Crippen LogP contribution is 2.28. The molecule has 0 radical (unpaired) electrons. The van der Waals surface area contributed by atoms with Gasteiger partial charge in [-0.2, -0.15) is 11.8 Å². The van der Waals surface area contributed by atoms with E-state index in [9.17, 15) is 5.11 Å². The van der Waals surface area contributed by atoms with E-state index in [1.807, 2.05) is 30.0 Å². The lowest BCUT2D eigenvalue weighted by atomic mass is 10.1. The first-order valence-electron chi connectivity index (χ1n) is 6.78. The Morgan fingerprint density at radius 1 is 1.40 bits per heavy atom. The molecule has 0 aliphatic rings. The fourth-order valence-corrected chi connectivity index (χ4v) is 3.36. The topological polar surface area (TPSA) is 23.5 Å². The molecule has 0 aromatic heterocycles. The second-order valence-corrected chi connectivity index (χ2v) is 7.39. The largest absolute Gasteiger partial charge is 0.388 e. The van der Waals surface area contributed by atoms with Crippen LogP contribution in [0.5, 0.6) is 0 Å². The molecule has 0 amide bonds. The lowest BCUT2D eigenvalue weighted by Gasteiger charge is -2.25. The summed E-state index contributed by atoms with van der Waals surface area (Å²) in [5.41, 5.74) is 0.806. The molecule has 114 valence electrons. The Kier molecular flexibility index (Phi) is 8.53. The van der Waals surface area contributed by atoms with Crippen molar-refractivity contribution in [1.82, 2.24) is 4.90 Å². The summed E-state index contributed by atoms with van der Waals surface area (Å²) < 4.78 is 0.932. The molecule has 5 heteroatoms. The number of hydrogen-bond acceptors (Lipinski definition) is 3. The minimum absolute atomic E-state index is 0.509. The van der Waals surface area contributed by atoms with Gasteiger partial charge in [0.2, 0.25) is 0 Å². The average molecular weight is 381 g/mol. The molecule has 2 unspecified atom stereocenters. The van der Waals surface area contributed by atoms with E-state index in [2.05, 4.69) is 41.1 Å². The van der Waals surface area contributed by atoms with Crippen LogP contribution < -0.4 is 0 Å². The lowest BCUT2D eigenvalue weighted by molar-refractivity contribution is 0.138. The van der Waals surface area contributed by atoms with Crippen molar-refractivity contribution in [3.63, 3.8) is 0 Å². The van der Waals surface area contributed by atoms with Gasteiger partial charge in [-0.25, -0.2) is 0 Å². The van der Waals surface area contributed by atoms with Crippen molar-refractivity contribution in [3.8, 4) is 0 Å². The number of rotatable bonds is 8. The minimum atomic E-state index is -0.509. The Hall–Kier alpha value is 0.260. The zero-order valence-corrected chi connectivity index (χ0v) is 15.4. The molecule has 0 heterocycles. The third-order valence-electron chi connectivity index (χ3n) is 3.57. The lowest BCUT2D eigenvalue weighted by Crippen LogP contribution is -2.31. The van der Waals surface area contributed by atoms with E-state index in [1.165, 1.54) is 12.2 Å². The van der Waals surface area contributed by atoms with Crippen molar-refractivity contribution in [2.45, 2.75) is 31.9 Å². The van der Waals surface area contributed by atoms with Gasteiger partial charge < -0.3 is 10.0 Å². The van der Waals surface area contributed by atoms with Crippen LogP contribution in [0, 0.1) is 0 Å². The van der Waals surface area contributed by atoms with Gasteiger partial charge in [0.1, 0.15) is 0 Å². The summed E-state index contributed by atoms with van der Waals surface area (Å²) in [6.07, 6.45) is 3.49. The molecule has 0 saturated heterocycles. The SMILES string of the molecule is CSCCC(C)N(C)CCC(O)c1ccc(Br)cc1Cl. The van der Waals surface area contributed by atoms with Gasteiger partial charge in [-0.1, -0.05) is 33.6 Å². The fourth-order valence-electron chi connectivity index (χ4n) is 1.98. The average Bonchev–Trinajstić information content (AvgIpc) is 2.41. The van der Waals surface area contributed by atoms with Crippen LogP contribution in [0.15, 0.2) is 22.7 Å². The maximum Gasteiger partial charge on any atom is 0.0816 e. The molecule has 1 aromatic rings. The summed E-state index contributed by atoms with van der Waals surface area (Å²) in [7, 11) is 2.11. The van der Waals surface area contributed by atoms with E-state index in [1.54, 1.807) is 0 Å². The molecule has 1 aromatic carbocycles. The number of aliphatic hydroxyl groups excluding tert-OH is 1. The minimum Gasteiger partial charge on any atom is -0.388 e. The van der Waals surface area contributed by atoms with Gasteiger partial charge in [-0.15, -0.1) is 0 Å². The second-order valence-electron chi connectivity index (χ2n) is 5.08. The summed E-state index contributed by atoms with van der Waals surface area (Å²) in [6.45, 7) is 3.10. The predicted molar refractivity (Wildman–Crippen MR) is 93.8 cm³/mol. The van der Waals surface area contributed by atoms with Gasteiger partial charge in [0.15, 0.2) is 0 Å². The number of aliphatic hydroxyl groups is 1. The van der Waals surface area contributed by atoms with E-state index >= 15 is 0 Å². The summed E-state index contributed by atoms with van der Waals surface area (Å²) >= 11 is 11.4. The van der Waals surface area contributed by atoms with Crippen molar-refractivity contribution in [1.29, 1.82) is 0 Å². The molecule has 2 atom stereocenters. The smallest absolute Gasteiger partial charge is 0.0816 e. The van der Waals surface area contributed by atoms with Crippen LogP contribution in [-0.4, -0.2) is 41.6 Å². The molecule has 0 aliphatic heterocycles. The first kappa shape index (κ1) is 18.3. The summed E-state index contributed by atoms with van der Waals surface area (Å²) in [4.78, 5) is 2.30. The van der Waals surface area contributed by atoms with Gasteiger partial charge in [0, 0.05) is 22.1 Å². The molecule has 1 N–H and O–H groups in total. The van der Waals surface area contributed by atoms with Gasteiger partial charge in [0.25, 0.3) is 0 Å². The molecule has 2 nitrogen and oxygen atoms in total. The molecular weight excluding hydrogens is 358 g/mol. The van der Waals surface area contributed by atoms with Crippen molar-refractivity contribution in [3.05, 3.63) is 33.3 Å². The molecular formula is C15H23BrClNOS. The number of nitrogens with zero attached hydrogens (tertiary/aromatic N) is 1. The molecule has 1 rings (SSSR count). The quantitative estimate of drug-likeness (QED) is 0.713. The molecule has 20 heavy (non-hydrogen) atoms. The fraction of sp³-hybridized carbons (Fsp3) is 0.600. The maximum absolute atomic E-state index is 10.3.